The largest absolute Gasteiger partial charge is 0.356 e. The van der Waals surface area contributed by atoms with Crippen LogP contribution in [0.15, 0.2) is 4.79 Å². The minimum atomic E-state index is -0.362. The lowest BCUT2D eigenvalue weighted by atomic mass is 9.99. The van der Waals surface area contributed by atoms with Gasteiger partial charge in [0.25, 0.3) is 5.56 Å². The monoisotopic (exact) mass is 275 g/mol. The molecule has 0 aliphatic heterocycles. The molecular formula is C15H21N3O2. The topological polar surface area (TPSA) is 85.8 Å². The zero-order valence-electron chi connectivity index (χ0n) is 12.3. The van der Waals surface area contributed by atoms with Crippen molar-refractivity contribution in [3.8, 4) is 6.07 Å². The van der Waals surface area contributed by atoms with Crippen molar-refractivity contribution in [1.29, 1.82) is 5.26 Å². The van der Waals surface area contributed by atoms with Gasteiger partial charge in [0.2, 0.25) is 5.91 Å². The van der Waals surface area contributed by atoms with Crippen molar-refractivity contribution in [3.05, 3.63) is 32.7 Å². The van der Waals surface area contributed by atoms with E-state index in [2.05, 4.69) is 17.2 Å². The minimum Gasteiger partial charge on any atom is -0.356 e. The van der Waals surface area contributed by atoms with Crippen LogP contribution in [0.4, 0.5) is 0 Å². The van der Waals surface area contributed by atoms with Crippen molar-refractivity contribution in [1.82, 2.24) is 10.3 Å². The van der Waals surface area contributed by atoms with Gasteiger partial charge in [-0.3, -0.25) is 9.59 Å². The number of H-pyrrole nitrogens is 1. The van der Waals surface area contributed by atoms with Crippen LogP contribution in [-0.4, -0.2) is 17.4 Å². The van der Waals surface area contributed by atoms with E-state index in [0.717, 1.165) is 24.1 Å². The zero-order chi connectivity index (χ0) is 15.1. The summed E-state index contributed by atoms with van der Waals surface area (Å²) in [5.41, 5.74) is 2.06. The van der Waals surface area contributed by atoms with E-state index < -0.39 is 0 Å². The quantitative estimate of drug-likeness (QED) is 0.775. The average Bonchev–Trinajstić information content (AvgIpc) is 2.38. The maximum absolute atomic E-state index is 11.7. The summed E-state index contributed by atoms with van der Waals surface area (Å²) in [7, 11) is 0. The van der Waals surface area contributed by atoms with Crippen LogP contribution in [0.1, 0.15) is 48.6 Å². The van der Waals surface area contributed by atoms with E-state index in [-0.39, 0.29) is 17.0 Å². The number of nitrogens with one attached hydrogen (secondary N) is 2. The van der Waals surface area contributed by atoms with Crippen LogP contribution in [0.25, 0.3) is 0 Å². The standard InChI is InChI=1S/C15H21N3O2/c1-4-5-8-17-14(19)7-6-12-10(2)13(9-16)15(20)18-11(12)3/h4-8H2,1-3H3,(H,17,19)(H,18,20). The van der Waals surface area contributed by atoms with E-state index >= 15 is 0 Å². The first-order valence-electron chi connectivity index (χ1n) is 6.90. The molecule has 5 nitrogen and oxygen atoms in total. The maximum Gasteiger partial charge on any atom is 0.266 e. The van der Waals surface area contributed by atoms with E-state index in [1.54, 1.807) is 13.8 Å². The summed E-state index contributed by atoms with van der Waals surface area (Å²) in [6, 6.07) is 1.92. The lowest BCUT2D eigenvalue weighted by Crippen LogP contribution is -2.25. The Kier molecular flexibility index (Phi) is 5.98. The van der Waals surface area contributed by atoms with Crippen molar-refractivity contribution >= 4 is 5.91 Å². The molecule has 0 aliphatic carbocycles. The number of rotatable bonds is 6. The summed E-state index contributed by atoms with van der Waals surface area (Å²) in [6.07, 6.45) is 2.91. The van der Waals surface area contributed by atoms with E-state index in [1.165, 1.54) is 0 Å². The Balaban J connectivity index is 2.76. The molecule has 2 N–H and O–H groups in total. The second-order valence-corrected chi connectivity index (χ2v) is 4.87. The van der Waals surface area contributed by atoms with Gasteiger partial charge in [-0.25, -0.2) is 0 Å². The molecule has 0 bridgehead atoms. The number of amides is 1. The third kappa shape index (κ3) is 3.95. The Morgan fingerprint density at radius 1 is 1.40 bits per heavy atom. The van der Waals surface area contributed by atoms with Crippen molar-refractivity contribution in [3.63, 3.8) is 0 Å². The van der Waals surface area contributed by atoms with Crippen LogP contribution in [0.2, 0.25) is 0 Å². The number of unbranched alkanes of at least 4 members (excludes halogenated alkanes) is 1. The summed E-state index contributed by atoms with van der Waals surface area (Å²) in [5.74, 6) is 0.00181. The van der Waals surface area contributed by atoms with E-state index in [0.29, 0.717) is 24.9 Å². The molecule has 1 amide bonds. The van der Waals surface area contributed by atoms with Crippen LogP contribution >= 0.6 is 0 Å². The fourth-order valence-corrected chi connectivity index (χ4v) is 2.15. The number of aromatic amines is 1. The van der Waals surface area contributed by atoms with Crippen LogP contribution in [0, 0.1) is 25.2 Å². The number of hydrogen-bond acceptors (Lipinski definition) is 3. The van der Waals surface area contributed by atoms with Gasteiger partial charge < -0.3 is 10.3 Å². The first-order valence-corrected chi connectivity index (χ1v) is 6.90. The number of hydrogen-bond donors (Lipinski definition) is 2. The number of nitriles is 1. The molecule has 1 aromatic rings. The van der Waals surface area contributed by atoms with E-state index in [1.807, 2.05) is 6.07 Å². The highest BCUT2D eigenvalue weighted by Gasteiger charge is 2.13. The average molecular weight is 275 g/mol. The van der Waals surface area contributed by atoms with Gasteiger partial charge >= 0.3 is 0 Å². The van der Waals surface area contributed by atoms with Crippen molar-refractivity contribution in [2.75, 3.05) is 6.54 Å². The van der Waals surface area contributed by atoms with Crippen LogP contribution in [0.5, 0.6) is 0 Å². The Morgan fingerprint density at radius 3 is 2.70 bits per heavy atom. The van der Waals surface area contributed by atoms with Crippen LogP contribution < -0.4 is 10.9 Å². The van der Waals surface area contributed by atoms with Gasteiger partial charge in [0, 0.05) is 18.7 Å². The number of nitrogens with zero attached hydrogens (tertiary/aromatic N) is 1. The van der Waals surface area contributed by atoms with Gasteiger partial charge in [0.1, 0.15) is 11.6 Å². The molecule has 0 radical (unpaired) electrons. The summed E-state index contributed by atoms with van der Waals surface area (Å²) >= 11 is 0. The molecule has 5 heteroatoms. The maximum atomic E-state index is 11.7. The highest BCUT2D eigenvalue weighted by molar-refractivity contribution is 5.76. The van der Waals surface area contributed by atoms with Crippen molar-refractivity contribution in [2.24, 2.45) is 0 Å². The normalized spacial score (nSPS) is 10.1. The zero-order valence-corrected chi connectivity index (χ0v) is 12.3. The molecule has 1 rings (SSSR count). The fraction of sp³-hybridized carbons (Fsp3) is 0.533. The van der Waals surface area contributed by atoms with Crippen LogP contribution in [-0.2, 0) is 11.2 Å². The SMILES string of the molecule is CCCCNC(=O)CCc1c(C)[nH]c(=O)c(C#N)c1C. The fourth-order valence-electron chi connectivity index (χ4n) is 2.15. The van der Waals surface area contributed by atoms with Crippen molar-refractivity contribution < 1.29 is 4.79 Å². The lowest BCUT2D eigenvalue weighted by Gasteiger charge is -2.10. The second-order valence-electron chi connectivity index (χ2n) is 4.87. The first kappa shape index (κ1) is 16.0. The summed E-state index contributed by atoms with van der Waals surface area (Å²) in [4.78, 5) is 26.0. The number of pyridine rings is 1. The van der Waals surface area contributed by atoms with Gasteiger partial charge in [-0.05, 0) is 37.8 Å². The third-order valence-electron chi connectivity index (χ3n) is 3.37. The van der Waals surface area contributed by atoms with E-state index in [4.69, 9.17) is 5.26 Å². The van der Waals surface area contributed by atoms with Crippen molar-refractivity contribution in [2.45, 2.75) is 46.5 Å². The Labute approximate surface area is 119 Å². The molecule has 20 heavy (non-hydrogen) atoms. The predicted molar refractivity (Wildman–Crippen MR) is 77.5 cm³/mol. The molecule has 0 aromatic carbocycles. The van der Waals surface area contributed by atoms with Gasteiger partial charge in [0.15, 0.2) is 0 Å². The summed E-state index contributed by atoms with van der Waals surface area (Å²) in [5, 5.41) is 11.8. The molecule has 0 saturated carbocycles. The molecule has 0 saturated heterocycles. The Hall–Kier alpha value is -2.09. The molecule has 0 unspecified atom stereocenters. The minimum absolute atomic E-state index is 0.00181. The Morgan fingerprint density at radius 2 is 2.10 bits per heavy atom. The van der Waals surface area contributed by atoms with Crippen LogP contribution in [0.3, 0.4) is 0 Å². The number of carbonyl (C=O) groups excluding carboxylic acids is 1. The molecule has 108 valence electrons. The van der Waals surface area contributed by atoms with Gasteiger partial charge in [-0.15, -0.1) is 0 Å². The lowest BCUT2D eigenvalue weighted by molar-refractivity contribution is -0.121. The summed E-state index contributed by atoms with van der Waals surface area (Å²) in [6.45, 7) is 6.32. The molecule has 1 aromatic heterocycles. The van der Waals surface area contributed by atoms with E-state index in [9.17, 15) is 9.59 Å². The predicted octanol–water partition coefficient (Wildman–Crippen LogP) is 1.71. The molecule has 0 atom stereocenters. The summed E-state index contributed by atoms with van der Waals surface area (Å²) < 4.78 is 0. The molecule has 0 spiro atoms. The number of aryl methyl sites for hydroxylation is 1. The van der Waals surface area contributed by atoms with Gasteiger partial charge in [0.05, 0.1) is 0 Å². The molecule has 1 heterocycles. The second kappa shape index (κ2) is 7.49. The molecule has 0 aliphatic rings. The molecule has 0 fully saturated rings. The number of aromatic nitrogens is 1. The number of carbonyl (C=O) groups is 1. The highest BCUT2D eigenvalue weighted by atomic mass is 16.1. The third-order valence-corrected chi connectivity index (χ3v) is 3.37. The molecular weight excluding hydrogens is 254 g/mol. The van der Waals surface area contributed by atoms with Gasteiger partial charge in [-0.2, -0.15) is 5.26 Å². The highest BCUT2D eigenvalue weighted by Crippen LogP contribution is 2.14. The van der Waals surface area contributed by atoms with Gasteiger partial charge in [-0.1, -0.05) is 13.3 Å². The smallest absolute Gasteiger partial charge is 0.266 e. The first-order chi connectivity index (χ1) is 9.51. The Bertz CT molecular complexity index is 582.